The van der Waals surface area contributed by atoms with Crippen molar-refractivity contribution in [3.63, 3.8) is 0 Å². The van der Waals surface area contributed by atoms with Gasteiger partial charge in [0.05, 0.1) is 22.5 Å². The number of nitrogens with one attached hydrogen (secondary N) is 1. The van der Waals surface area contributed by atoms with Crippen LogP contribution in [0.4, 0.5) is 0 Å². The molecular formula is C35H24N4O. The molecule has 6 aromatic rings. The van der Waals surface area contributed by atoms with Crippen LogP contribution in [0.3, 0.4) is 0 Å². The third kappa shape index (κ3) is 3.36. The molecule has 1 aliphatic heterocycles. The molecule has 5 nitrogen and oxygen atoms in total. The number of benzene rings is 4. The van der Waals surface area contributed by atoms with Crippen LogP contribution in [-0.4, -0.2) is 10.3 Å². The Morgan fingerprint density at radius 1 is 0.800 bits per heavy atom. The summed E-state index contributed by atoms with van der Waals surface area (Å²) in [5, 5.41) is 19.1. The second-order valence-electron chi connectivity index (χ2n) is 10.2. The van der Waals surface area contributed by atoms with Gasteiger partial charge in [0.25, 0.3) is 0 Å². The van der Waals surface area contributed by atoms with Crippen LogP contribution < -0.4 is 15.9 Å². The summed E-state index contributed by atoms with van der Waals surface area (Å²) in [4.78, 5) is 5.26. The summed E-state index contributed by atoms with van der Waals surface area (Å²) in [6.45, 7) is 0. The molecule has 1 aliphatic carbocycles. The lowest BCUT2D eigenvalue weighted by Crippen LogP contribution is -2.39. The Morgan fingerprint density at radius 3 is 2.42 bits per heavy atom. The number of aromatic nitrogens is 1. The number of rotatable bonds is 3. The van der Waals surface area contributed by atoms with Gasteiger partial charge in [0.2, 0.25) is 6.29 Å². The highest BCUT2D eigenvalue weighted by atomic mass is 16.3. The number of furan rings is 1. The van der Waals surface area contributed by atoms with Crippen molar-refractivity contribution in [3.05, 3.63) is 124 Å². The molecule has 0 fully saturated rings. The van der Waals surface area contributed by atoms with Gasteiger partial charge in [0, 0.05) is 32.3 Å². The highest BCUT2D eigenvalue weighted by molar-refractivity contribution is 6.15. The Morgan fingerprint density at radius 2 is 1.55 bits per heavy atom. The minimum Gasteiger partial charge on any atom is -0.454 e. The van der Waals surface area contributed by atoms with E-state index in [2.05, 4.69) is 82.7 Å². The Kier molecular flexibility index (Phi) is 5.01. The van der Waals surface area contributed by atoms with Crippen LogP contribution >= 0.6 is 0 Å². The maximum absolute atomic E-state index is 9.71. The standard InChI is InChI=1S/C35H24N4O/c36-21-23-12-8-15-26-27-16-9-17-28(34(27)40-33(23)26)30-20-29(22-10-2-1-3-11-22)37-35(38-30)39-31-18-6-4-13-24(31)25-14-5-7-19-32(25)39/h1-4,6,8-20,35,38H,5,7H2. The number of hydrogen-bond acceptors (Lipinski definition) is 4. The van der Waals surface area contributed by atoms with Crippen molar-refractivity contribution in [2.45, 2.75) is 19.1 Å². The SMILES string of the molecule is N#Cc1cccc2c1oc1c(C3=CC(c4ccccc4)=NC(n4c5c(c6ccccc64)=CCCC=5)N3)cccc12. The monoisotopic (exact) mass is 516 g/mol. The molecule has 0 radical (unpaired) electrons. The van der Waals surface area contributed by atoms with Gasteiger partial charge in [-0.2, -0.15) is 5.26 Å². The quantitative estimate of drug-likeness (QED) is 0.298. The van der Waals surface area contributed by atoms with Gasteiger partial charge in [-0.1, -0.05) is 84.9 Å². The Labute approximate surface area is 230 Å². The number of fused-ring (bicyclic) bond motifs is 6. The van der Waals surface area contributed by atoms with Crippen LogP contribution in [0.1, 0.15) is 35.8 Å². The minimum atomic E-state index is -0.360. The van der Waals surface area contributed by atoms with Gasteiger partial charge in [0.1, 0.15) is 11.7 Å². The lowest BCUT2D eigenvalue weighted by molar-refractivity contribution is 0.484. The Bertz CT molecular complexity index is 2210. The van der Waals surface area contributed by atoms with Gasteiger partial charge in [-0.25, -0.2) is 4.99 Å². The zero-order valence-corrected chi connectivity index (χ0v) is 21.6. The van der Waals surface area contributed by atoms with Crippen molar-refractivity contribution in [3.8, 4) is 6.07 Å². The van der Waals surface area contributed by atoms with E-state index in [-0.39, 0.29) is 6.29 Å². The number of aliphatic imine (C=N–C) groups is 1. The normalized spacial score (nSPS) is 16.4. The molecule has 5 heteroatoms. The van der Waals surface area contributed by atoms with Crippen LogP contribution in [0.2, 0.25) is 0 Å². The molecule has 1 N–H and O–H groups in total. The van der Waals surface area contributed by atoms with Crippen molar-refractivity contribution in [1.29, 1.82) is 5.26 Å². The fourth-order valence-electron chi connectivity index (χ4n) is 6.13. The Hall–Kier alpha value is -5.34. The summed E-state index contributed by atoms with van der Waals surface area (Å²) in [7, 11) is 0. The lowest BCUT2D eigenvalue weighted by atomic mass is 10.0. The van der Waals surface area contributed by atoms with E-state index in [0.717, 1.165) is 57.2 Å². The predicted octanol–water partition coefficient (Wildman–Crippen LogP) is 6.36. The van der Waals surface area contributed by atoms with Crippen molar-refractivity contribution >= 4 is 56.4 Å². The van der Waals surface area contributed by atoms with Gasteiger partial charge in [-0.3, -0.25) is 0 Å². The first kappa shape index (κ1) is 22.6. The van der Waals surface area contributed by atoms with Crippen molar-refractivity contribution in [2.24, 2.45) is 4.99 Å². The lowest BCUT2D eigenvalue weighted by Gasteiger charge is -2.27. The molecule has 2 aliphatic rings. The van der Waals surface area contributed by atoms with Crippen LogP contribution in [0.15, 0.2) is 106 Å². The van der Waals surface area contributed by atoms with E-state index < -0.39 is 0 Å². The molecule has 0 saturated heterocycles. The molecule has 0 saturated carbocycles. The third-order valence-corrected chi connectivity index (χ3v) is 7.92. The topological polar surface area (TPSA) is 66.2 Å². The van der Waals surface area contributed by atoms with E-state index in [1.807, 2.05) is 36.4 Å². The van der Waals surface area contributed by atoms with Gasteiger partial charge in [-0.15, -0.1) is 0 Å². The van der Waals surface area contributed by atoms with Crippen molar-refractivity contribution in [1.82, 2.24) is 9.88 Å². The van der Waals surface area contributed by atoms with Gasteiger partial charge >= 0.3 is 0 Å². The number of para-hydroxylation sites is 3. The summed E-state index contributed by atoms with van der Waals surface area (Å²) in [5.74, 6) is 0. The van der Waals surface area contributed by atoms with Gasteiger partial charge in [-0.05, 0) is 42.7 Å². The van der Waals surface area contributed by atoms with E-state index in [1.165, 1.54) is 16.0 Å². The molecule has 40 heavy (non-hydrogen) atoms. The number of nitrogens with zero attached hydrogens (tertiary/aromatic N) is 3. The fourth-order valence-corrected chi connectivity index (χ4v) is 6.13. The minimum absolute atomic E-state index is 0.360. The van der Waals surface area contributed by atoms with Gasteiger partial charge < -0.3 is 14.3 Å². The van der Waals surface area contributed by atoms with Crippen LogP contribution in [0.5, 0.6) is 0 Å². The molecule has 0 amide bonds. The highest BCUT2D eigenvalue weighted by Crippen LogP contribution is 2.36. The second-order valence-corrected chi connectivity index (χ2v) is 10.2. The molecule has 3 heterocycles. The van der Waals surface area contributed by atoms with Crippen LogP contribution in [-0.2, 0) is 0 Å². The molecule has 1 unspecified atom stereocenters. The first-order valence-corrected chi connectivity index (χ1v) is 13.6. The number of allylic oxidation sites excluding steroid dienone is 1. The molecule has 0 spiro atoms. The summed E-state index contributed by atoms with van der Waals surface area (Å²) in [6.07, 6.45) is 8.47. The average molecular weight is 517 g/mol. The maximum atomic E-state index is 9.71. The molecule has 2 aromatic heterocycles. The van der Waals surface area contributed by atoms with Crippen LogP contribution in [0, 0.1) is 11.3 Å². The largest absolute Gasteiger partial charge is 0.454 e. The summed E-state index contributed by atoms with van der Waals surface area (Å²) >= 11 is 0. The molecule has 0 bridgehead atoms. The summed E-state index contributed by atoms with van der Waals surface area (Å²) in [6, 6.07) is 33.0. The smallest absolute Gasteiger partial charge is 0.201 e. The molecular weight excluding hydrogens is 492 g/mol. The summed E-state index contributed by atoms with van der Waals surface area (Å²) in [5.41, 5.74) is 6.87. The Balaban J connectivity index is 1.38. The predicted molar refractivity (Wildman–Crippen MR) is 161 cm³/mol. The average Bonchev–Trinajstić information content (AvgIpc) is 3.57. The first-order valence-electron chi connectivity index (χ1n) is 13.6. The van der Waals surface area contributed by atoms with Crippen molar-refractivity contribution < 1.29 is 4.42 Å². The molecule has 1 atom stereocenters. The van der Waals surface area contributed by atoms with E-state index >= 15 is 0 Å². The maximum Gasteiger partial charge on any atom is 0.201 e. The van der Waals surface area contributed by atoms with E-state index in [1.54, 1.807) is 6.07 Å². The number of hydrogen-bond donors (Lipinski definition) is 1. The summed E-state index contributed by atoms with van der Waals surface area (Å²) < 4.78 is 8.75. The molecule has 8 rings (SSSR count). The number of nitriles is 1. The zero-order valence-electron chi connectivity index (χ0n) is 21.6. The molecule has 190 valence electrons. The van der Waals surface area contributed by atoms with E-state index in [0.29, 0.717) is 11.1 Å². The zero-order chi connectivity index (χ0) is 26.6. The third-order valence-electron chi connectivity index (χ3n) is 7.92. The first-order chi connectivity index (χ1) is 19.8. The second kappa shape index (κ2) is 8.86. The van der Waals surface area contributed by atoms with Gasteiger partial charge in [0.15, 0.2) is 5.58 Å². The van der Waals surface area contributed by atoms with E-state index in [4.69, 9.17) is 9.41 Å². The molecule has 4 aromatic carbocycles. The highest BCUT2D eigenvalue weighted by Gasteiger charge is 2.25. The fraction of sp³-hybridized carbons (Fsp3) is 0.0857. The van der Waals surface area contributed by atoms with Crippen LogP contribution in [0.25, 0.3) is 50.7 Å². The van der Waals surface area contributed by atoms with Crippen molar-refractivity contribution in [2.75, 3.05) is 0 Å². The van der Waals surface area contributed by atoms with E-state index in [9.17, 15) is 5.26 Å².